The van der Waals surface area contributed by atoms with Gasteiger partial charge < -0.3 is 20.1 Å². The van der Waals surface area contributed by atoms with Crippen LogP contribution in [0.4, 0.5) is 0 Å². The minimum Gasteiger partial charge on any atom is -0.491 e. The Balaban J connectivity index is 0.00000280. The van der Waals surface area contributed by atoms with Crippen LogP contribution in [0.1, 0.15) is 34.5 Å². The summed E-state index contributed by atoms with van der Waals surface area (Å²) in [7, 11) is 1.78. The van der Waals surface area contributed by atoms with Gasteiger partial charge in [-0.1, -0.05) is 12.1 Å². The summed E-state index contributed by atoms with van der Waals surface area (Å²) in [4.78, 5) is 9.80. The number of rotatable bonds is 7. The Morgan fingerprint density at radius 2 is 2.14 bits per heavy atom. The minimum absolute atomic E-state index is 0. The number of halogens is 1. The summed E-state index contributed by atoms with van der Waals surface area (Å²) >= 11 is 1.65. The largest absolute Gasteiger partial charge is 0.491 e. The molecule has 2 aromatic rings. The summed E-state index contributed by atoms with van der Waals surface area (Å²) in [6.45, 7) is 6.90. The Kier molecular flexibility index (Phi) is 9.46. The molecule has 0 amide bonds. The van der Waals surface area contributed by atoms with Gasteiger partial charge in [-0.3, -0.25) is 4.99 Å². The zero-order chi connectivity index (χ0) is 19.1. The molecular weight excluding hydrogens is 487 g/mol. The van der Waals surface area contributed by atoms with E-state index in [9.17, 15) is 0 Å². The molecule has 0 spiro atoms. The quantitative estimate of drug-likeness (QED) is 0.333. The number of aryl methyl sites for hydroxylation is 2. The number of aromatic nitrogens is 1. The lowest BCUT2D eigenvalue weighted by Gasteiger charge is -2.17. The van der Waals surface area contributed by atoms with E-state index >= 15 is 0 Å². The Hall–Kier alpha value is -1.39. The standard InChI is InChI=1S/C20H28N4O2S.HI/c1-14-6-7-16(18(9-14)26-12-17-5-4-8-25-17)10-22-20(21-3)23-11-19-15(2)24-13-27-19;/h6-7,9,13,17H,4-5,8,10-12H2,1-3H3,(H2,21,22,23);1H. The second-order valence-electron chi connectivity index (χ2n) is 6.70. The Morgan fingerprint density at radius 1 is 1.32 bits per heavy atom. The van der Waals surface area contributed by atoms with E-state index in [1.165, 1.54) is 10.4 Å². The van der Waals surface area contributed by atoms with Crippen LogP contribution in [0, 0.1) is 13.8 Å². The molecule has 1 unspecified atom stereocenters. The highest BCUT2D eigenvalue weighted by Gasteiger charge is 2.17. The van der Waals surface area contributed by atoms with E-state index in [0.717, 1.165) is 42.4 Å². The number of ether oxygens (including phenoxy) is 2. The SMILES string of the molecule is CN=C(NCc1ccc(C)cc1OCC1CCCO1)NCc1scnc1C.I. The average molecular weight is 516 g/mol. The molecule has 6 nitrogen and oxygen atoms in total. The van der Waals surface area contributed by atoms with Crippen molar-refractivity contribution in [3.05, 3.63) is 45.4 Å². The lowest BCUT2D eigenvalue weighted by molar-refractivity contribution is 0.0676. The van der Waals surface area contributed by atoms with Crippen molar-refractivity contribution < 1.29 is 9.47 Å². The predicted octanol–water partition coefficient (Wildman–Crippen LogP) is 3.80. The van der Waals surface area contributed by atoms with Crippen LogP contribution in [0.15, 0.2) is 28.7 Å². The van der Waals surface area contributed by atoms with Gasteiger partial charge in [0.05, 0.1) is 23.9 Å². The second kappa shape index (κ2) is 11.6. The van der Waals surface area contributed by atoms with Crippen LogP contribution in [-0.4, -0.2) is 37.3 Å². The molecule has 8 heteroatoms. The summed E-state index contributed by atoms with van der Waals surface area (Å²) in [6, 6.07) is 6.30. The van der Waals surface area contributed by atoms with Crippen molar-refractivity contribution in [1.29, 1.82) is 0 Å². The maximum atomic E-state index is 6.07. The van der Waals surface area contributed by atoms with Crippen LogP contribution in [0.3, 0.4) is 0 Å². The van der Waals surface area contributed by atoms with Crippen LogP contribution in [0.25, 0.3) is 0 Å². The van der Waals surface area contributed by atoms with Gasteiger partial charge in [-0.05, 0) is 38.3 Å². The van der Waals surface area contributed by atoms with Crippen molar-refractivity contribution >= 4 is 41.3 Å². The highest BCUT2D eigenvalue weighted by atomic mass is 127. The number of hydrogen-bond acceptors (Lipinski definition) is 5. The molecule has 1 aromatic heterocycles. The van der Waals surface area contributed by atoms with E-state index in [0.29, 0.717) is 19.7 Å². The van der Waals surface area contributed by atoms with Crippen molar-refractivity contribution in [3.8, 4) is 5.75 Å². The topological polar surface area (TPSA) is 67.8 Å². The molecule has 2 N–H and O–H groups in total. The first-order valence-electron chi connectivity index (χ1n) is 9.33. The molecule has 1 saturated heterocycles. The monoisotopic (exact) mass is 516 g/mol. The predicted molar refractivity (Wildman–Crippen MR) is 125 cm³/mol. The normalized spacial score (nSPS) is 16.5. The third-order valence-corrected chi connectivity index (χ3v) is 5.54. The Bertz CT molecular complexity index is 775. The smallest absolute Gasteiger partial charge is 0.191 e. The number of thiazole rings is 1. The highest BCUT2D eigenvalue weighted by Crippen LogP contribution is 2.22. The fourth-order valence-corrected chi connectivity index (χ4v) is 3.68. The van der Waals surface area contributed by atoms with Gasteiger partial charge in [-0.25, -0.2) is 4.98 Å². The van der Waals surface area contributed by atoms with Gasteiger partial charge >= 0.3 is 0 Å². The maximum absolute atomic E-state index is 6.07. The lowest BCUT2D eigenvalue weighted by atomic mass is 10.1. The number of hydrogen-bond donors (Lipinski definition) is 2. The molecule has 3 rings (SSSR count). The third kappa shape index (κ3) is 6.59. The molecule has 0 bridgehead atoms. The molecule has 0 aliphatic carbocycles. The fourth-order valence-electron chi connectivity index (χ4n) is 2.96. The molecule has 154 valence electrons. The minimum atomic E-state index is 0. The summed E-state index contributed by atoms with van der Waals surface area (Å²) in [5, 5.41) is 6.71. The lowest BCUT2D eigenvalue weighted by Crippen LogP contribution is -2.36. The summed E-state index contributed by atoms with van der Waals surface area (Å²) in [5.41, 5.74) is 5.22. The molecule has 1 fully saturated rings. The molecule has 1 aliphatic rings. The highest BCUT2D eigenvalue weighted by molar-refractivity contribution is 14.0. The molecule has 1 atom stereocenters. The number of nitrogens with one attached hydrogen (secondary N) is 2. The van der Waals surface area contributed by atoms with Gasteiger partial charge in [0, 0.05) is 30.6 Å². The van der Waals surface area contributed by atoms with Crippen molar-refractivity contribution in [2.75, 3.05) is 20.3 Å². The van der Waals surface area contributed by atoms with Gasteiger partial charge in [0.1, 0.15) is 12.4 Å². The fraction of sp³-hybridized carbons (Fsp3) is 0.500. The van der Waals surface area contributed by atoms with Crippen LogP contribution in [-0.2, 0) is 17.8 Å². The Morgan fingerprint density at radius 3 is 2.82 bits per heavy atom. The number of aliphatic imine (C=N–C) groups is 1. The van der Waals surface area contributed by atoms with E-state index in [-0.39, 0.29) is 30.1 Å². The molecule has 28 heavy (non-hydrogen) atoms. The molecule has 1 aliphatic heterocycles. The van der Waals surface area contributed by atoms with Gasteiger partial charge in [0.25, 0.3) is 0 Å². The van der Waals surface area contributed by atoms with Crippen molar-refractivity contribution in [3.63, 3.8) is 0 Å². The van der Waals surface area contributed by atoms with E-state index in [1.807, 2.05) is 12.4 Å². The zero-order valence-corrected chi connectivity index (χ0v) is 19.8. The van der Waals surface area contributed by atoms with E-state index in [1.54, 1.807) is 18.4 Å². The molecule has 2 heterocycles. The van der Waals surface area contributed by atoms with E-state index in [4.69, 9.17) is 9.47 Å². The van der Waals surface area contributed by atoms with Crippen molar-refractivity contribution in [2.24, 2.45) is 4.99 Å². The van der Waals surface area contributed by atoms with Gasteiger partial charge in [-0.15, -0.1) is 35.3 Å². The van der Waals surface area contributed by atoms with Crippen LogP contribution in [0.2, 0.25) is 0 Å². The maximum Gasteiger partial charge on any atom is 0.191 e. The zero-order valence-electron chi connectivity index (χ0n) is 16.7. The van der Waals surface area contributed by atoms with Gasteiger partial charge in [0.15, 0.2) is 5.96 Å². The van der Waals surface area contributed by atoms with Gasteiger partial charge in [0.2, 0.25) is 0 Å². The molecule has 0 saturated carbocycles. The van der Waals surface area contributed by atoms with Crippen molar-refractivity contribution in [1.82, 2.24) is 15.6 Å². The van der Waals surface area contributed by atoms with Gasteiger partial charge in [-0.2, -0.15) is 0 Å². The second-order valence-corrected chi connectivity index (χ2v) is 7.64. The Labute approximate surface area is 188 Å². The average Bonchev–Trinajstić information content (AvgIpc) is 3.33. The number of nitrogens with zero attached hydrogens (tertiary/aromatic N) is 2. The van der Waals surface area contributed by atoms with Crippen LogP contribution in [0.5, 0.6) is 5.75 Å². The first-order valence-corrected chi connectivity index (χ1v) is 10.2. The van der Waals surface area contributed by atoms with E-state index < -0.39 is 0 Å². The van der Waals surface area contributed by atoms with Crippen molar-refractivity contribution in [2.45, 2.75) is 45.9 Å². The third-order valence-electron chi connectivity index (χ3n) is 4.60. The first kappa shape index (κ1) is 22.9. The molecular formula is C20H29IN4O2S. The van der Waals surface area contributed by atoms with E-state index in [2.05, 4.69) is 45.7 Å². The molecule has 1 aromatic carbocycles. The number of guanidine groups is 1. The number of benzene rings is 1. The first-order chi connectivity index (χ1) is 13.2. The molecule has 0 radical (unpaired) electrons. The van der Waals surface area contributed by atoms with Crippen LogP contribution >= 0.6 is 35.3 Å². The summed E-state index contributed by atoms with van der Waals surface area (Å²) in [5.74, 6) is 1.67. The van der Waals surface area contributed by atoms with Crippen LogP contribution < -0.4 is 15.4 Å². The summed E-state index contributed by atoms with van der Waals surface area (Å²) < 4.78 is 11.7. The summed E-state index contributed by atoms with van der Waals surface area (Å²) in [6.07, 6.45) is 2.41.